The van der Waals surface area contributed by atoms with Crippen molar-refractivity contribution in [3.8, 4) is 0 Å². The van der Waals surface area contributed by atoms with Crippen LogP contribution in [0.4, 0.5) is 0 Å². The Balaban J connectivity index is 4.34. The largest absolute Gasteiger partial charge is 0.462 e. The Kier molecular flexibility index (Phi) is 51.3. The molecule has 0 spiro atoms. The summed E-state index contributed by atoms with van der Waals surface area (Å²) in [6, 6.07) is 0. The molecule has 0 rings (SSSR count). The van der Waals surface area contributed by atoms with Gasteiger partial charge in [-0.1, -0.05) is 243 Å². The van der Waals surface area contributed by atoms with Gasteiger partial charge in [0.05, 0.1) is 0 Å². The second-order valence-electron chi connectivity index (χ2n) is 18.8. The van der Waals surface area contributed by atoms with Gasteiger partial charge in [-0.3, -0.25) is 14.4 Å². The fraction of sp³-hybridized carbons (Fsp3) is 0.845. The van der Waals surface area contributed by atoms with Gasteiger partial charge in [-0.2, -0.15) is 0 Å². The number of unbranched alkanes of at least 4 members (excludes halogenated alkanes) is 34. The van der Waals surface area contributed by atoms with E-state index in [1.165, 1.54) is 167 Å². The van der Waals surface area contributed by atoms with Crippen LogP contribution in [-0.2, 0) is 28.6 Å². The molecule has 1 atom stereocenters. The molecule has 0 bridgehead atoms. The van der Waals surface area contributed by atoms with Gasteiger partial charge in [-0.25, -0.2) is 0 Å². The summed E-state index contributed by atoms with van der Waals surface area (Å²) in [4.78, 5) is 38.1. The molecule has 0 aromatic carbocycles. The first-order valence-corrected chi connectivity index (χ1v) is 28.0. The van der Waals surface area contributed by atoms with Crippen molar-refractivity contribution in [1.82, 2.24) is 0 Å². The van der Waals surface area contributed by atoms with Crippen LogP contribution in [0.3, 0.4) is 0 Å². The van der Waals surface area contributed by atoms with E-state index in [0.29, 0.717) is 19.3 Å². The third-order valence-electron chi connectivity index (χ3n) is 12.3. The molecule has 0 heterocycles. The zero-order valence-electron chi connectivity index (χ0n) is 42.8. The average molecular weight is 899 g/mol. The lowest BCUT2D eigenvalue weighted by molar-refractivity contribution is -0.167. The van der Waals surface area contributed by atoms with Crippen LogP contribution in [0.2, 0.25) is 0 Å². The Hall–Kier alpha value is -2.37. The number of rotatable bonds is 51. The predicted octanol–water partition coefficient (Wildman–Crippen LogP) is 18.5. The van der Waals surface area contributed by atoms with Crippen molar-refractivity contribution in [2.24, 2.45) is 0 Å². The van der Waals surface area contributed by atoms with Crippen molar-refractivity contribution < 1.29 is 28.6 Å². The minimum atomic E-state index is -0.779. The van der Waals surface area contributed by atoms with Crippen LogP contribution in [0.1, 0.15) is 297 Å². The summed E-state index contributed by atoms with van der Waals surface area (Å²) in [6.45, 7) is 6.59. The number of ether oxygens (including phenoxy) is 3. The third kappa shape index (κ3) is 50.6. The molecule has 0 aromatic rings. The molecular formula is C58H106O6. The minimum absolute atomic E-state index is 0.0766. The molecule has 0 saturated heterocycles. The molecule has 0 N–H and O–H groups in total. The first-order valence-electron chi connectivity index (χ1n) is 28.0. The molecule has 0 aliphatic rings. The summed E-state index contributed by atoms with van der Waals surface area (Å²) in [7, 11) is 0. The second-order valence-corrected chi connectivity index (χ2v) is 18.8. The molecule has 0 aliphatic heterocycles. The highest BCUT2D eigenvalue weighted by atomic mass is 16.6. The molecule has 374 valence electrons. The molecular weight excluding hydrogens is 793 g/mol. The van der Waals surface area contributed by atoms with E-state index in [-0.39, 0.29) is 31.1 Å². The minimum Gasteiger partial charge on any atom is -0.462 e. The topological polar surface area (TPSA) is 78.9 Å². The summed E-state index contributed by atoms with van der Waals surface area (Å²) in [5, 5.41) is 0. The van der Waals surface area contributed by atoms with E-state index in [1.54, 1.807) is 0 Å². The van der Waals surface area contributed by atoms with Crippen LogP contribution in [0.5, 0.6) is 0 Å². The van der Waals surface area contributed by atoms with Crippen LogP contribution in [0, 0.1) is 0 Å². The summed E-state index contributed by atoms with van der Waals surface area (Å²) < 4.78 is 16.8. The van der Waals surface area contributed by atoms with Gasteiger partial charge in [0.15, 0.2) is 6.10 Å². The number of carbonyl (C=O) groups is 3. The fourth-order valence-corrected chi connectivity index (χ4v) is 8.12. The predicted molar refractivity (Wildman–Crippen MR) is 275 cm³/mol. The number of hydrogen-bond acceptors (Lipinski definition) is 6. The van der Waals surface area contributed by atoms with E-state index in [4.69, 9.17) is 14.2 Å². The standard InChI is InChI=1S/C58H106O6/c1-4-7-10-13-16-19-22-25-27-28-29-31-33-36-39-42-45-48-51-57(60)63-54-55(53-62-56(59)50-47-44-41-38-35-32-24-21-18-15-12-9-6-3)64-58(61)52-49-46-43-40-37-34-30-26-23-20-17-14-11-8-5-2/h12,15,21,24,26,30,55H,4-11,13-14,16-20,22-23,25,27-29,31-54H2,1-3H3/b15-12-,24-21-,30-26-. The highest BCUT2D eigenvalue weighted by molar-refractivity contribution is 5.71. The van der Waals surface area contributed by atoms with Crippen LogP contribution in [0.15, 0.2) is 36.5 Å². The van der Waals surface area contributed by atoms with Gasteiger partial charge in [-0.15, -0.1) is 0 Å². The van der Waals surface area contributed by atoms with Crippen molar-refractivity contribution in [2.45, 2.75) is 303 Å². The number of allylic oxidation sites excluding steroid dienone is 6. The maximum Gasteiger partial charge on any atom is 0.306 e. The Labute approximate surface area is 397 Å². The van der Waals surface area contributed by atoms with Gasteiger partial charge in [-0.05, 0) is 70.6 Å². The lowest BCUT2D eigenvalue weighted by Crippen LogP contribution is -2.30. The Bertz CT molecular complexity index is 1080. The van der Waals surface area contributed by atoms with Gasteiger partial charge in [0.1, 0.15) is 13.2 Å². The number of hydrogen-bond donors (Lipinski definition) is 0. The lowest BCUT2D eigenvalue weighted by Gasteiger charge is -2.18. The smallest absolute Gasteiger partial charge is 0.306 e. The monoisotopic (exact) mass is 899 g/mol. The first kappa shape index (κ1) is 61.6. The Morgan fingerprint density at radius 2 is 0.594 bits per heavy atom. The van der Waals surface area contributed by atoms with E-state index in [9.17, 15) is 14.4 Å². The van der Waals surface area contributed by atoms with E-state index in [1.807, 2.05) is 0 Å². The molecule has 1 unspecified atom stereocenters. The first-order chi connectivity index (χ1) is 31.5. The normalized spacial score (nSPS) is 12.2. The zero-order chi connectivity index (χ0) is 46.5. The SMILES string of the molecule is CCC/C=C\C/C=C\CCCCCCCC(=O)OCC(COC(=O)CCCCCCCCCCCCCCCCCCCC)OC(=O)CCCCCCC/C=C\CCCCCCCC. The zero-order valence-corrected chi connectivity index (χ0v) is 42.8. The fourth-order valence-electron chi connectivity index (χ4n) is 8.12. The molecule has 64 heavy (non-hydrogen) atoms. The maximum absolute atomic E-state index is 12.8. The van der Waals surface area contributed by atoms with Crippen LogP contribution in [-0.4, -0.2) is 37.2 Å². The molecule has 0 saturated carbocycles. The third-order valence-corrected chi connectivity index (χ3v) is 12.3. The second kappa shape index (κ2) is 53.2. The molecule has 0 aliphatic carbocycles. The van der Waals surface area contributed by atoms with Crippen molar-refractivity contribution in [3.63, 3.8) is 0 Å². The quantitative estimate of drug-likeness (QED) is 0.0262. The average Bonchev–Trinajstić information content (AvgIpc) is 3.29. The van der Waals surface area contributed by atoms with Gasteiger partial charge in [0.2, 0.25) is 0 Å². The highest BCUT2D eigenvalue weighted by Gasteiger charge is 2.19. The number of esters is 3. The summed E-state index contributed by atoms with van der Waals surface area (Å²) in [6.07, 6.45) is 62.7. The summed E-state index contributed by atoms with van der Waals surface area (Å²) in [5.74, 6) is -0.885. The van der Waals surface area contributed by atoms with Gasteiger partial charge < -0.3 is 14.2 Å². The molecule has 0 aromatic heterocycles. The molecule has 0 amide bonds. The van der Waals surface area contributed by atoms with Crippen molar-refractivity contribution in [1.29, 1.82) is 0 Å². The van der Waals surface area contributed by atoms with E-state index in [2.05, 4.69) is 57.2 Å². The lowest BCUT2D eigenvalue weighted by atomic mass is 10.0. The summed E-state index contributed by atoms with van der Waals surface area (Å²) in [5.41, 5.74) is 0. The van der Waals surface area contributed by atoms with E-state index < -0.39 is 6.10 Å². The maximum atomic E-state index is 12.8. The van der Waals surface area contributed by atoms with Gasteiger partial charge in [0.25, 0.3) is 0 Å². The van der Waals surface area contributed by atoms with E-state index in [0.717, 1.165) is 89.9 Å². The van der Waals surface area contributed by atoms with Crippen molar-refractivity contribution in [3.05, 3.63) is 36.5 Å². The Morgan fingerprint density at radius 1 is 0.312 bits per heavy atom. The molecule has 0 radical (unpaired) electrons. The van der Waals surface area contributed by atoms with Crippen molar-refractivity contribution in [2.75, 3.05) is 13.2 Å². The van der Waals surface area contributed by atoms with Crippen LogP contribution in [0.25, 0.3) is 0 Å². The van der Waals surface area contributed by atoms with Crippen molar-refractivity contribution >= 4 is 17.9 Å². The van der Waals surface area contributed by atoms with Gasteiger partial charge >= 0.3 is 17.9 Å². The van der Waals surface area contributed by atoms with Crippen LogP contribution < -0.4 is 0 Å². The molecule has 0 fully saturated rings. The van der Waals surface area contributed by atoms with Crippen LogP contribution >= 0.6 is 0 Å². The molecule has 6 heteroatoms. The Morgan fingerprint density at radius 3 is 0.938 bits per heavy atom. The summed E-state index contributed by atoms with van der Waals surface area (Å²) >= 11 is 0. The van der Waals surface area contributed by atoms with Gasteiger partial charge in [0, 0.05) is 19.3 Å². The van der Waals surface area contributed by atoms with E-state index >= 15 is 0 Å². The number of carbonyl (C=O) groups excluding carboxylic acids is 3. The highest BCUT2D eigenvalue weighted by Crippen LogP contribution is 2.16. The molecule has 6 nitrogen and oxygen atoms in total.